The van der Waals surface area contributed by atoms with Crippen LogP contribution in [0.5, 0.6) is 0 Å². The lowest BCUT2D eigenvalue weighted by atomic mass is 10.2. The third-order valence-electron chi connectivity index (χ3n) is 2.69. The van der Waals surface area contributed by atoms with Gasteiger partial charge in [-0.3, -0.25) is 9.78 Å². The molecule has 0 aliphatic rings. The molecule has 0 aliphatic carbocycles. The maximum atomic E-state index is 12.2. The lowest BCUT2D eigenvalue weighted by Crippen LogP contribution is -2.32. The highest BCUT2D eigenvalue weighted by atomic mass is 79.9. The molecule has 0 saturated heterocycles. The van der Waals surface area contributed by atoms with Crippen molar-refractivity contribution in [1.82, 2.24) is 9.71 Å². The van der Waals surface area contributed by atoms with Crippen molar-refractivity contribution in [2.75, 3.05) is 0 Å². The van der Waals surface area contributed by atoms with Crippen molar-refractivity contribution in [3.05, 3.63) is 57.3 Å². The number of nitriles is 1. The van der Waals surface area contributed by atoms with Crippen molar-refractivity contribution in [2.24, 2.45) is 0 Å². The lowest BCUT2D eigenvalue weighted by Gasteiger charge is -2.08. The molecule has 1 aromatic heterocycles. The molecule has 2 aromatic rings. The molecule has 6 nitrogen and oxygen atoms in total. The van der Waals surface area contributed by atoms with Crippen LogP contribution in [0.25, 0.3) is 0 Å². The Morgan fingerprint density at radius 2 is 2.09 bits per heavy atom. The number of pyridine rings is 1. The summed E-state index contributed by atoms with van der Waals surface area (Å²) in [6.07, 6.45) is 1.15. The van der Waals surface area contributed by atoms with E-state index < -0.39 is 15.9 Å². The normalized spacial score (nSPS) is 10.8. The first-order chi connectivity index (χ1) is 10.8. The minimum atomic E-state index is -4.08. The van der Waals surface area contributed by atoms with Gasteiger partial charge in [-0.25, -0.2) is 13.1 Å². The number of nitrogens with zero attached hydrogens (tertiary/aromatic N) is 2. The van der Waals surface area contributed by atoms with Crippen LogP contribution >= 0.6 is 27.5 Å². The fourth-order valence-electron chi connectivity index (χ4n) is 1.70. The predicted molar refractivity (Wildman–Crippen MR) is 87.1 cm³/mol. The maximum Gasteiger partial charge on any atom is 0.264 e. The highest BCUT2D eigenvalue weighted by molar-refractivity contribution is 9.10. The van der Waals surface area contributed by atoms with Crippen LogP contribution in [0.1, 0.15) is 11.3 Å². The largest absolute Gasteiger partial charge is 0.274 e. The van der Waals surface area contributed by atoms with Crippen molar-refractivity contribution < 1.29 is 13.2 Å². The monoisotopic (exact) mass is 413 g/mol. The number of halogens is 2. The van der Waals surface area contributed by atoms with E-state index in [0.29, 0.717) is 15.2 Å². The molecule has 0 fully saturated rings. The van der Waals surface area contributed by atoms with Crippen LogP contribution in [0.4, 0.5) is 0 Å². The summed E-state index contributed by atoms with van der Waals surface area (Å²) in [4.78, 5) is 15.6. The van der Waals surface area contributed by atoms with E-state index in [9.17, 15) is 13.2 Å². The Bertz CT molecular complexity index is 892. The summed E-state index contributed by atoms with van der Waals surface area (Å²) in [5.74, 6) is -0.738. The molecular weight excluding hydrogens is 406 g/mol. The molecule has 23 heavy (non-hydrogen) atoms. The fraction of sp³-hybridized carbons (Fsp3) is 0.0714. The summed E-state index contributed by atoms with van der Waals surface area (Å²) < 4.78 is 26.8. The molecule has 0 atom stereocenters. The minimum Gasteiger partial charge on any atom is -0.274 e. The summed E-state index contributed by atoms with van der Waals surface area (Å²) in [6.45, 7) is 0. The molecule has 1 N–H and O–H groups in total. The van der Waals surface area contributed by atoms with Crippen molar-refractivity contribution in [3.63, 3.8) is 0 Å². The standard InChI is InChI=1S/C14H9BrClN3O3S/c15-10-3-9(7-17)4-13(5-10)23(21,22)19-14(20)6-12-2-1-11(16)8-18-12/h1-5,8H,6H2,(H,19,20). The molecular formula is C14H9BrClN3O3S. The van der Waals surface area contributed by atoms with E-state index in [1.54, 1.807) is 6.07 Å². The Hall–Kier alpha value is -1.95. The molecule has 0 radical (unpaired) electrons. The number of aromatic nitrogens is 1. The number of hydrogen-bond acceptors (Lipinski definition) is 5. The van der Waals surface area contributed by atoms with Crippen LogP contribution in [-0.2, 0) is 21.2 Å². The number of carbonyl (C=O) groups is 1. The molecule has 1 aromatic carbocycles. The number of amides is 1. The van der Waals surface area contributed by atoms with E-state index in [1.165, 1.54) is 30.5 Å². The molecule has 0 spiro atoms. The second-order valence-corrected chi connectivity index (χ2v) is 7.50. The van der Waals surface area contributed by atoms with Gasteiger partial charge in [-0.1, -0.05) is 27.5 Å². The second kappa shape index (κ2) is 7.08. The molecule has 0 unspecified atom stereocenters. The van der Waals surface area contributed by atoms with Crippen LogP contribution < -0.4 is 4.72 Å². The van der Waals surface area contributed by atoms with Gasteiger partial charge in [0, 0.05) is 16.4 Å². The van der Waals surface area contributed by atoms with E-state index in [-0.39, 0.29) is 16.9 Å². The van der Waals surface area contributed by atoms with E-state index in [2.05, 4.69) is 20.9 Å². The van der Waals surface area contributed by atoms with Crippen LogP contribution in [0.15, 0.2) is 45.9 Å². The van der Waals surface area contributed by atoms with Crippen LogP contribution in [0.2, 0.25) is 5.02 Å². The number of rotatable bonds is 4. The van der Waals surface area contributed by atoms with Crippen molar-refractivity contribution in [2.45, 2.75) is 11.3 Å². The summed E-state index contributed by atoms with van der Waals surface area (Å²) in [7, 11) is -4.08. The minimum absolute atomic E-state index is 0.159. The van der Waals surface area contributed by atoms with Gasteiger partial charge >= 0.3 is 0 Å². The molecule has 9 heteroatoms. The SMILES string of the molecule is N#Cc1cc(Br)cc(S(=O)(=O)NC(=O)Cc2ccc(Cl)cn2)c1. The van der Waals surface area contributed by atoms with Crippen LogP contribution in [0, 0.1) is 11.3 Å². The number of nitrogens with one attached hydrogen (secondary N) is 1. The first kappa shape index (κ1) is 17.4. The number of benzene rings is 1. The molecule has 0 bridgehead atoms. The van der Waals surface area contributed by atoms with Crippen molar-refractivity contribution in [1.29, 1.82) is 5.26 Å². The zero-order valence-electron chi connectivity index (χ0n) is 11.5. The molecule has 118 valence electrons. The third kappa shape index (κ3) is 4.76. The van der Waals surface area contributed by atoms with Gasteiger partial charge in [0.1, 0.15) is 0 Å². The van der Waals surface area contributed by atoms with E-state index in [4.69, 9.17) is 16.9 Å². The third-order valence-corrected chi connectivity index (χ3v) is 4.72. The second-order valence-electron chi connectivity index (χ2n) is 4.46. The molecule has 1 heterocycles. The fourth-order valence-corrected chi connectivity index (χ4v) is 3.51. The van der Waals surface area contributed by atoms with Crippen molar-refractivity contribution >= 4 is 43.5 Å². The van der Waals surface area contributed by atoms with Gasteiger partial charge < -0.3 is 0 Å². The zero-order chi connectivity index (χ0) is 17.0. The van der Waals surface area contributed by atoms with Gasteiger partial charge in [-0.05, 0) is 30.3 Å². The van der Waals surface area contributed by atoms with E-state index >= 15 is 0 Å². The Kier molecular flexibility index (Phi) is 5.36. The van der Waals surface area contributed by atoms with E-state index in [0.717, 1.165) is 0 Å². The molecule has 0 saturated carbocycles. The van der Waals surface area contributed by atoms with Gasteiger partial charge in [-0.15, -0.1) is 0 Å². The Balaban J connectivity index is 2.17. The van der Waals surface area contributed by atoms with Gasteiger partial charge in [-0.2, -0.15) is 5.26 Å². The van der Waals surface area contributed by atoms with Gasteiger partial charge in [0.15, 0.2) is 0 Å². The Morgan fingerprint density at radius 3 is 2.70 bits per heavy atom. The number of carbonyl (C=O) groups excluding carboxylic acids is 1. The van der Waals surface area contributed by atoms with Gasteiger partial charge in [0.25, 0.3) is 10.0 Å². The first-order valence-corrected chi connectivity index (χ1v) is 8.82. The molecule has 0 aliphatic heterocycles. The smallest absolute Gasteiger partial charge is 0.264 e. The highest BCUT2D eigenvalue weighted by Crippen LogP contribution is 2.19. The topological polar surface area (TPSA) is 99.9 Å². The first-order valence-electron chi connectivity index (χ1n) is 6.17. The highest BCUT2D eigenvalue weighted by Gasteiger charge is 2.19. The summed E-state index contributed by atoms with van der Waals surface area (Å²) >= 11 is 8.81. The Labute approximate surface area is 146 Å². The van der Waals surface area contributed by atoms with Crippen LogP contribution in [0.3, 0.4) is 0 Å². The van der Waals surface area contributed by atoms with Crippen molar-refractivity contribution in [3.8, 4) is 6.07 Å². The quantitative estimate of drug-likeness (QED) is 0.828. The predicted octanol–water partition coefficient (Wildman–Crippen LogP) is 2.42. The zero-order valence-corrected chi connectivity index (χ0v) is 14.6. The average molecular weight is 415 g/mol. The summed E-state index contributed by atoms with van der Waals surface area (Å²) in [6, 6.07) is 8.89. The average Bonchev–Trinajstić information content (AvgIpc) is 2.48. The lowest BCUT2D eigenvalue weighted by molar-refractivity contribution is -0.118. The number of hydrogen-bond donors (Lipinski definition) is 1. The van der Waals surface area contributed by atoms with Gasteiger partial charge in [0.2, 0.25) is 5.91 Å². The molecule has 2 rings (SSSR count). The summed E-state index contributed by atoms with van der Waals surface area (Å²) in [5.41, 5.74) is 0.542. The molecule has 1 amide bonds. The maximum absolute atomic E-state index is 12.2. The Morgan fingerprint density at radius 1 is 1.35 bits per heavy atom. The van der Waals surface area contributed by atoms with Gasteiger partial charge in [0.05, 0.1) is 28.0 Å². The summed E-state index contributed by atoms with van der Waals surface area (Å²) in [5, 5.41) is 9.30. The van der Waals surface area contributed by atoms with E-state index in [1.807, 2.05) is 10.8 Å². The van der Waals surface area contributed by atoms with Crippen LogP contribution in [-0.4, -0.2) is 19.3 Å². The number of sulfonamides is 1.